The highest BCUT2D eigenvalue weighted by Gasteiger charge is 2.11. The fourth-order valence-electron chi connectivity index (χ4n) is 1.75. The first kappa shape index (κ1) is 16.0. The summed E-state index contributed by atoms with van der Waals surface area (Å²) in [6.45, 7) is 4.58. The number of methoxy groups -OCH3 is 1. The standard InChI is InChI=1S/C15H21NO4/c1-11-7-8-12(2)14(10-11)20-9-5-4-6-13(16-18)15(17)19-3/h7-8,10,18H,4-6,9H2,1-3H3. The predicted octanol–water partition coefficient (Wildman–Crippen LogP) is 2.86. The van der Waals surface area contributed by atoms with Crippen molar-refractivity contribution in [3.8, 4) is 5.75 Å². The number of rotatable bonds is 7. The van der Waals surface area contributed by atoms with Crippen LogP contribution in [0.15, 0.2) is 23.4 Å². The Hall–Kier alpha value is -2.04. The summed E-state index contributed by atoms with van der Waals surface area (Å²) in [4.78, 5) is 11.2. The molecule has 0 spiro atoms. The van der Waals surface area contributed by atoms with E-state index in [2.05, 4.69) is 9.89 Å². The molecule has 5 nitrogen and oxygen atoms in total. The molecule has 5 heteroatoms. The molecule has 1 aromatic carbocycles. The molecule has 0 heterocycles. The van der Waals surface area contributed by atoms with Crippen LogP contribution in [-0.2, 0) is 9.53 Å². The highest BCUT2D eigenvalue weighted by Crippen LogP contribution is 2.19. The van der Waals surface area contributed by atoms with Crippen LogP contribution in [0.25, 0.3) is 0 Å². The van der Waals surface area contributed by atoms with Gasteiger partial charge in [0.25, 0.3) is 0 Å². The van der Waals surface area contributed by atoms with Crippen molar-refractivity contribution < 1.29 is 19.5 Å². The fraction of sp³-hybridized carbons (Fsp3) is 0.467. The molecule has 0 aliphatic rings. The van der Waals surface area contributed by atoms with Crippen LogP contribution in [0.4, 0.5) is 0 Å². The largest absolute Gasteiger partial charge is 0.493 e. The Morgan fingerprint density at radius 3 is 2.70 bits per heavy atom. The van der Waals surface area contributed by atoms with Gasteiger partial charge in [0.15, 0.2) is 5.71 Å². The Kier molecular flexibility index (Phi) is 6.56. The zero-order chi connectivity index (χ0) is 15.0. The van der Waals surface area contributed by atoms with E-state index in [-0.39, 0.29) is 5.71 Å². The van der Waals surface area contributed by atoms with Crippen molar-refractivity contribution in [2.24, 2.45) is 5.16 Å². The van der Waals surface area contributed by atoms with E-state index < -0.39 is 5.97 Å². The molecule has 110 valence electrons. The Balaban J connectivity index is 2.32. The van der Waals surface area contributed by atoms with Crippen molar-refractivity contribution in [3.05, 3.63) is 29.3 Å². The summed E-state index contributed by atoms with van der Waals surface area (Å²) < 4.78 is 10.2. The van der Waals surface area contributed by atoms with Crippen molar-refractivity contribution in [1.82, 2.24) is 0 Å². The van der Waals surface area contributed by atoms with Gasteiger partial charge in [0.05, 0.1) is 13.7 Å². The Morgan fingerprint density at radius 1 is 1.30 bits per heavy atom. The van der Waals surface area contributed by atoms with Crippen molar-refractivity contribution in [1.29, 1.82) is 0 Å². The summed E-state index contributed by atoms with van der Waals surface area (Å²) in [5, 5.41) is 11.6. The normalized spacial score (nSPS) is 11.2. The van der Waals surface area contributed by atoms with Crippen LogP contribution in [0.5, 0.6) is 5.75 Å². The van der Waals surface area contributed by atoms with Crippen molar-refractivity contribution >= 4 is 11.7 Å². The number of oxime groups is 1. The third-order valence-corrected chi connectivity index (χ3v) is 2.95. The Labute approximate surface area is 119 Å². The van der Waals surface area contributed by atoms with Gasteiger partial charge in [0.2, 0.25) is 0 Å². The SMILES string of the molecule is COC(=O)C(CCCCOc1cc(C)ccc1C)=NO. The van der Waals surface area contributed by atoms with E-state index in [0.717, 1.165) is 23.3 Å². The molecular formula is C15H21NO4. The first-order chi connectivity index (χ1) is 9.58. The lowest BCUT2D eigenvalue weighted by Crippen LogP contribution is -2.16. The lowest BCUT2D eigenvalue weighted by Gasteiger charge is -2.09. The molecule has 0 unspecified atom stereocenters. The van der Waals surface area contributed by atoms with Gasteiger partial charge < -0.3 is 14.7 Å². The summed E-state index contributed by atoms with van der Waals surface area (Å²) in [5.41, 5.74) is 2.30. The molecule has 0 aliphatic carbocycles. The van der Waals surface area contributed by atoms with Crippen LogP contribution in [0.1, 0.15) is 30.4 Å². The van der Waals surface area contributed by atoms with E-state index in [1.807, 2.05) is 32.0 Å². The van der Waals surface area contributed by atoms with Crippen LogP contribution in [-0.4, -0.2) is 30.6 Å². The van der Waals surface area contributed by atoms with Gasteiger partial charge >= 0.3 is 5.97 Å². The molecule has 0 aromatic heterocycles. The first-order valence-electron chi connectivity index (χ1n) is 6.57. The van der Waals surface area contributed by atoms with Gasteiger partial charge in [-0.2, -0.15) is 0 Å². The van der Waals surface area contributed by atoms with Crippen LogP contribution in [0.3, 0.4) is 0 Å². The monoisotopic (exact) mass is 279 g/mol. The first-order valence-corrected chi connectivity index (χ1v) is 6.57. The second-order valence-electron chi connectivity index (χ2n) is 4.61. The lowest BCUT2D eigenvalue weighted by atomic mass is 10.1. The number of ether oxygens (including phenoxy) is 2. The summed E-state index contributed by atoms with van der Waals surface area (Å²) in [6.07, 6.45) is 1.84. The van der Waals surface area contributed by atoms with Crippen molar-refractivity contribution in [2.45, 2.75) is 33.1 Å². The van der Waals surface area contributed by atoms with E-state index in [4.69, 9.17) is 9.94 Å². The van der Waals surface area contributed by atoms with Gasteiger partial charge in [-0.25, -0.2) is 4.79 Å². The maximum Gasteiger partial charge on any atom is 0.355 e. The predicted molar refractivity (Wildman–Crippen MR) is 76.5 cm³/mol. The Morgan fingerprint density at radius 2 is 2.05 bits per heavy atom. The molecule has 0 bridgehead atoms. The molecule has 0 amide bonds. The second-order valence-corrected chi connectivity index (χ2v) is 4.61. The van der Waals surface area contributed by atoms with Crippen molar-refractivity contribution in [2.75, 3.05) is 13.7 Å². The number of hydrogen-bond donors (Lipinski definition) is 1. The number of carbonyl (C=O) groups is 1. The summed E-state index contributed by atoms with van der Waals surface area (Å²) in [5.74, 6) is 0.289. The number of hydrogen-bond acceptors (Lipinski definition) is 5. The van der Waals surface area contributed by atoms with E-state index in [0.29, 0.717) is 19.4 Å². The topological polar surface area (TPSA) is 68.1 Å². The van der Waals surface area contributed by atoms with Crippen molar-refractivity contribution in [3.63, 3.8) is 0 Å². The van der Waals surface area contributed by atoms with E-state index in [1.165, 1.54) is 7.11 Å². The van der Waals surface area contributed by atoms with E-state index in [1.54, 1.807) is 0 Å². The third-order valence-electron chi connectivity index (χ3n) is 2.95. The highest BCUT2D eigenvalue weighted by atomic mass is 16.5. The average molecular weight is 279 g/mol. The molecule has 1 rings (SSSR count). The molecule has 1 aromatic rings. The summed E-state index contributed by atoms with van der Waals surface area (Å²) in [7, 11) is 1.26. The molecule has 0 radical (unpaired) electrons. The highest BCUT2D eigenvalue weighted by molar-refractivity contribution is 6.36. The fourth-order valence-corrected chi connectivity index (χ4v) is 1.75. The Bertz CT molecular complexity index is 483. The maximum atomic E-state index is 11.2. The second kappa shape index (κ2) is 8.19. The third kappa shape index (κ3) is 4.91. The molecular weight excluding hydrogens is 258 g/mol. The molecule has 20 heavy (non-hydrogen) atoms. The smallest absolute Gasteiger partial charge is 0.355 e. The van der Waals surface area contributed by atoms with Gasteiger partial charge in [-0.05, 0) is 43.9 Å². The van der Waals surface area contributed by atoms with Gasteiger partial charge in [-0.15, -0.1) is 0 Å². The number of nitrogens with zero attached hydrogens (tertiary/aromatic N) is 1. The number of carbonyl (C=O) groups excluding carboxylic acids is 1. The zero-order valence-electron chi connectivity index (χ0n) is 12.2. The molecule has 0 saturated heterocycles. The minimum absolute atomic E-state index is 0.0410. The minimum atomic E-state index is -0.594. The number of esters is 1. The van der Waals surface area contributed by atoms with Gasteiger partial charge in [-0.1, -0.05) is 17.3 Å². The lowest BCUT2D eigenvalue weighted by molar-refractivity contribution is -0.133. The summed E-state index contributed by atoms with van der Waals surface area (Å²) >= 11 is 0. The van der Waals surface area contributed by atoms with Crippen LogP contribution >= 0.6 is 0 Å². The van der Waals surface area contributed by atoms with E-state index in [9.17, 15) is 4.79 Å². The van der Waals surface area contributed by atoms with Crippen LogP contribution in [0.2, 0.25) is 0 Å². The molecule has 0 fully saturated rings. The van der Waals surface area contributed by atoms with Gasteiger partial charge in [0, 0.05) is 6.42 Å². The van der Waals surface area contributed by atoms with Crippen LogP contribution < -0.4 is 4.74 Å². The summed E-state index contributed by atoms with van der Waals surface area (Å²) in [6, 6.07) is 6.07. The molecule has 1 N–H and O–H groups in total. The number of aryl methyl sites for hydroxylation is 2. The van der Waals surface area contributed by atoms with Crippen LogP contribution in [0, 0.1) is 13.8 Å². The van der Waals surface area contributed by atoms with E-state index >= 15 is 0 Å². The molecule has 0 aliphatic heterocycles. The zero-order valence-corrected chi connectivity index (χ0v) is 12.2. The van der Waals surface area contributed by atoms with Gasteiger partial charge in [0.1, 0.15) is 5.75 Å². The quantitative estimate of drug-likeness (QED) is 0.274. The molecule has 0 saturated carbocycles. The van der Waals surface area contributed by atoms with Gasteiger partial charge in [-0.3, -0.25) is 0 Å². The minimum Gasteiger partial charge on any atom is -0.493 e. The average Bonchev–Trinajstić information content (AvgIpc) is 2.45. The number of unbranched alkanes of at least 4 members (excludes halogenated alkanes) is 1. The number of benzene rings is 1. The molecule has 0 atom stereocenters. The maximum absolute atomic E-state index is 11.2.